The zero-order chi connectivity index (χ0) is 19.4. The molecule has 7 nitrogen and oxygen atoms in total. The van der Waals surface area contributed by atoms with E-state index < -0.39 is 11.7 Å². The molecule has 1 amide bonds. The van der Waals surface area contributed by atoms with Gasteiger partial charge in [-0.1, -0.05) is 17.3 Å². The van der Waals surface area contributed by atoms with Gasteiger partial charge in [0.05, 0.1) is 6.21 Å². The molecule has 8 heteroatoms. The molecule has 2 heterocycles. The molecule has 0 fully saturated rings. The van der Waals surface area contributed by atoms with Crippen molar-refractivity contribution in [1.29, 1.82) is 0 Å². The highest BCUT2D eigenvalue weighted by Crippen LogP contribution is 2.19. The van der Waals surface area contributed by atoms with E-state index in [0.717, 1.165) is 22.7 Å². The van der Waals surface area contributed by atoms with Gasteiger partial charge in [0, 0.05) is 23.0 Å². The van der Waals surface area contributed by atoms with Gasteiger partial charge in [-0.2, -0.15) is 5.10 Å². The fraction of sp³-hybridized carbons (Fsp3) is 0.211. The topological polar surface area (TPSA) is 81.7 Å². The lowest BCUT2D eigenvalue weighted by molar-refractivity contribution is -0.123. The van der Waals surface area contributed by atoms with Crippen molar-refractivity contribution in [2.45, 2.75) is 20.8 Å². The maximum atomic E-state index is 13.4. The Morgan fingerprint density at radius 1 is 1.33 bits per heavy atom. The summed E-state index contributed by atoms with van der Waals surface area (Å²) in [5, 5.41) is 7.95. The quantitative estimate of drug-likeness (QED) is 0.534. The molecule has 0 saturated carbocycles. The molecule has 0 aliphatic heterocycles. The Kier molecular flexibility index (Phi) is 5.35. The van der Waals surface area contributed by atoms with Gasteiger partial charge in [-0.05, 0) is 39.0 Å². The molecule has 140 valence electrons. The Labute approximate surface area is 155 Å². The predicted octanol–water partition coefficient (Wildman–Crippen LogP) is 3.06. The Hall–Kier alpha value is -3.42. The Balaban J connectivity index is 1.61. The van der Waals surface area contributed by atoms with E-state index in [1.54, 1.807) is 12.1 Å². The second kappa shape index (κ2) is 7.86. The van der Waals surface area contributed by atoms with Crippen LogP contribution in [0.15, 0.2) is 46.0 Å². The van der Waals surface area contributed by atoms with E-state index in [1.165, 1.54) is 18.3 Å². The molecule has 0 aliphatic rings. The average Bonchev–Trinajstić information content (AvgIpc) is 3.17. The van der Waals surface area contributed by atoms with E-state index in [-0.39, 0.29) is 12.4 Å². The minimum Gasteiger partial charge on any atom is -0.481 e. The molecule has 0 saturated heterocycles. The van der Waals surface area contributed by atoms with Gasteiger partial charge in [-0.25, -0.2) is 9.82 Å². The molecule has 0 bridgehead atoms. The van der Waals surface area contributed by atoms with Crippen molar-refractivity contribution in [1.82, 2.24) is 15.1 Å². The van der Waals surface area contributed by atoms with Crippen LogP contribution in [0.4, 0.5) is 4.39 Å². The van der Waals surface area contributed by atoms with Crippen molar-refractivity contribution >= 4 is 12.1 Å². The van der Waals surface area contributed by atoms with Crippen LogP contribution >= 0.6 is 0 Å². The molecule has 0 unspecified atom stereocenters. The lowest BCUT2D eigenvalue weighted by Crippen LogP contribution is -2.24. The number of nitrogens with zero attached hydrogens (tertiary/aromatic N) is 3. The van der Waals surface area contributed by atoms with Crippen molar-refractivity contribution in [3.05, 3.63) is 64.9 Å². The van der Waals surface area contributed by atoms with Crippen molar-refractivity contribution in [2.24, 2.45) is 5.10 Å². The fourth-order valence-corrected chi connectivity index (χ4v) is 2.64. The highest BCUT2D eigenvalue weighted by molar-refractivity contribution is 5.84. The smallest absolute Gasteiger partial charge is 0.277 e. The van der Waals surface area contributed by atoms with E-state index in [1.807, 2.05) is 37.5 Å². The number of hydrogen-bond donors (Lipinski definition) is 1. The molecular formula is C19H19FN4O3. The number of halogens is 1. The van der Waals surface area contributed by atoms with Gasteiger partial charge in [0.15, 0.2) is 24.0 Å². The maximum absolute atomic E-state index is 13.4. The molecule has 3 aromatic rings. The van der Waals surface area contributed by atoms with Crippen LogP contribution in [0.25, 0.3) is 5.82 Å². The predicted molar refractivity (Wildman–Crippen MR) is 97.7 cm³/mol. The molecule has 1 N–H and O–H groups in total. The second-order valence-corrected chi connectivity index (χ2v) is 5.97. The third kappa shape index (κ3) is 4.22. The van der Waals surface area contributed by atoms with Gasteiger partial charge in [0.2, 0.25) is 0 Å². The molecular weight excluding hydrogens is 351 g/mol. The second-order valence-electron chi connectivity index (χ2n) is 5.97. The van der Waals surface area contributed by atoms with E-state index in [0.29, 0.717) is 5.82 Å². The van der Waals surface area contributed by atoms with Gasteiger partial charge in [-0.15, -0.1) is 0 Å². The fourth-order valence-electron chi connectivity index (χ4n) is 2.64. The molecule has 27 heavy (non-hydrogen) atoms. The summed E-state index contributed by atoms with van der Waals surface area (Å²) in [5.74, 6) is 0.405. The highest BCUT2D eigenvalue weighted by Gasteiger charge is 2.12. The molecule has 0 atom stereocenters. The summed E-state index contributed by atoms with van der Waals surface area (Å²) in [4.78, 5) is 11.8. The first-order valence-corrected chi connectivity index (χ1v) is 8.27. The standard InChI is InChI=1S/C19H19FN4O3/c1-12-8-15(14(3)24(12)18-9-13(2)27-23-18)10-21-22-19(25)11-26-17-7-5-4-6-16(17)20/h4-10H,11H2,1-3H3,(H,22,25)/b21-10-. The van der Waals surface area contributed by atoms with Crippen molar-refractivity contribution in [3.8, 4) is 11.6 Å². The number of benzene rings is 1. The number of ether oxygens (including phenoxy) is 1. The Bertz CT molecular complexity index is 991. The summed E-state index contributed by atoms with van der Waals surface area (Å²) in [6.07, 6.45) is 1.53. The summed E-state index contributed by atoms with van der Waals surface area (Å²) in [5.41, 5.74) is 5.04. The van der Waals surface area contributed by atoms with E-state index in [9.17, 15) is 9.18 Å². The average molecular weight is 370 g/mol. The van der Waals surface area contributed by atoms with Gasteiger partial charge in [0.1, 0.15) is 5.76 Å². The Morgan fingerprint density at radius 3 is 2.81 bits per heavy atom. The number of amides is 1. The number of carbonyl (C=O) groups is 1. The largest absolute Gasteiger partial charge is 0.481 e. The first-order valence-electron chi connectivity index (χ1n) is 8.27. The normalized spacial score (nSPS) is 11.1. The van der Waals surface area contributed by atoms with Crippen LogP contribution in [0.2, 0.25) is 0 Å². The molecule has 3 rings (SSSR count). The highest BCUT2D eigenvalue weighted by atomic mass is 19.1. The summed E-state index contributed by atoms with van der Waals surface area (Å²) in [6.45, 7) is 5.35. The lowest BCUT2D eigenvalue weighted by Gasteiger charge is -2.05. The van der Waals surface area contributed by atoms with Crippen LogP contribution in [-0.2, 0) is 4.79 Å². The van der Waals surface area contributed by atoms with Crippen LogP contribution < -0.4 is 10.2 Å². The molecule has 0 spiro atoms. The van der Waals surface area contributed by atoms with E-state index in [2.05, 4.69) is 15.7 Å². The maximum Gasteiger partial charge on any atom is 0.277 e. The number of rotatable bonds is 6. The van der Waals surface area contributed by atoms with Gasteiger partial charge in [0.25, 0.3) is 5.91 Å². The number of hydrogen-bond acceptors (Lipinski definition) is 5. The third-order valence-corrected chi connectivity index (χ3v) is 3.90. The summed E-state index contributed by atoms with van der Waals surface area (Å²) < 4.78 is 25.6. The summed E-state index contributed by atoms with van der Waals surface area (Å²) in [6, 6.07) is 9.64. The summed E-state index contributed by atoms with van der Waals surface area (Å²) in [7, 11) is 0. The number of nitrogens with one attached hydrogen (secondary N) is 1. The van der Waals surface area contributed by atoms with Crippen molar-refractivity contribution in [2.75, 3.05) is 6.61 Å². The zero-order valence-corrected chi connectivity index (χ0v) is 15.2. The summed E-state index contributed by atoms with van der Waals surface area (Å²) >= 11 is 0. The zero-order valence-electron chi connectivity index (χ0n) is 15.2. The third-order valence-electron chi connectivity index (χ3n) is 3.90. The number of carbonyl (C=O) groups excluding carboxylic acids is 1. The minimum absolute atomic E-state index is 0.0167. The van der Waals surface area contributed by atoms with Crippen LogP contribution in [0.3, 0.4) is 0 Å². The van der Waals surface area contributed by atoms with Crippen molar-refractivity contribution < 1.29 is 18.4 Å². The monoisotopic (exact) mass is 370 g/mol. The lowest BCUT2D eigenvalue weighted by atomic mass is 10.3. The molecule has 0 aliphatic carbocycles. The SMILES string of the molecule is Cc1cc(-n2c(C)cc(/C=N\NC(=O)COc3ccccc3F)c2C)no1. The number of aromatic nitrogens is 2. The van der Waals surface area contributed by atoms with Crippen molar-refractivity contribution in [3.63, 3.8) is 0 Å². The van der Waals surface area contributed by atoms with Crippen LogP contribution in [0.5, 0.6) is 5.75 Å². The number of aryl methyl sites for hydroxylation is 2. The van der Waals surface area contributed by atoms with Crippen LogP contribution in [0, 0.1) is 26.6 Å². The molecule has 1 aromatic carbocycles. The Morgan fingerprint density at radius 2 is 2.11 bits per heavy atom. The van der Waals surface area contributed by atoms with E-state index in [4.69, 9.17) is 9.26 Å². The molecule has 2 aromatic heterocycles. The van der Waals surface area contributed by atoms with Crippen LogP contribution in [0.1, 0.15) is 22.7 Å². The van der Waals surface area contributed by atoms with Gasteiger partial charge < -0.3 is 9.26 Å². The number of para-hydroxylation sites is 1. The molecule has 0 radical (unpaired) electrons. The first kappa shape index (κ1) is 18.4. The van der Waals surface area contributed by atoms with Crippen LogP contribution in [-0.4, -0.2) is 28.5 Å². The first-order chi connectivity index (χ1) is 13.0. The number of hydrazone groups is 1. The van der Waals surface area contributed by atoms with Gasteiger partial charge in [-0.3, -0.25) is 9.36 Å². The minimum atomic E-state index is -0.524. The van der Waals surface area contributed by atoms with Gasteiger partial charge >= 0.3 is 0 Å². The van der Waals surface area contributed by atoms with E-state index >= 15 is 0 Å².